The van der Waals surface area contributed by atoms with Crippen molar-refractivity contribution in [3.8, 4) is 0 Å². The summed E-state index contributed by atoms with van der Waals surface area (Å²) in [6.45, 7) is 2.04. The molecule has 0 heterocycles. The Balaban J connectivity index is 1.99. The van der Waals surface area contributed by atoms with Crippen molar-refractivity contribution in [2.45, 2.75) is 39.0 Å². The summed E-state index contributed by atoms with van der Waals surface area (Å²) in [7, 11) is 0. The highest BCUT2D eigenvalue weighted by Gasteiger charge is 2.21. The van der Waals surface area contributed by atoms with Gasteiger partial charge in [-0.3, -0.25) is 4.79 Å². The van der Waals surface area contributed by atoms with Crippen molar-refractivity contribution in [3.63, 3.8) is 0 Å². The van der Waals surface area contributed by atoms with Gasteiger partial charge < -0.3 is 0 Å². The molecule has 80 valence electrons. The second kappa shape index (κ2) is 4.61. The summed E-state index contributed by atoms with van der Waals surface area (Å²) in [5.74, 6) is 1.19. The van der Waals surface area contributed by atoms with Crippen LogP contribution >= 0.6 is 0 Å². The van der Waals surface area contributed by atoms with E-state index in [2.05, 4.69) is 12.1 Å². The average Bonchev–Trinajstić information content (AvgIpc) is 3.03. The third-order valence-corrected chi connectivity index (χ3v) is 2.97. The van der Waals surface area contributed by atoms with Crippen LogP contribution in [0.15, 0.2) is 24.3 Å². The molecule has 1 aliphatic rings. The van der Waals surface area contributed by atoms with Crippen molar-refractivity contribution in [1.29, 1.82) is 0 Å². The van der Waals surface area contributed by atoms with Crippen LogP contribution in [0.2, 0.25) is 0 Å². The first-order valence-electron chi connectivity index (χ1n) is 5.91. The van der Waals surface area contributed by atoms with E-state index in [1.54, 1.807) is 0 Å². The predicted octanol–water partition coefficient (Wildman–Crippen LogP) is 3.62. The molecule has 0 unspecified atom stereocenters. The fourth-order valence-corrected chi connectivity index (χ4v) is 1.85. The minimum absolute atomic E-state index is 0.274. The summed E-state index contributed by atoms with van der Waals surface area (Å²) in [6, 6.07) is 8.19. The van der Waals surface area contributed by atoms with Gasteiger partial charge in [-0.15, -0.1) is 0 Å². The Bertz CT molecular complexity index is 333. The van der Waals surface area contributed by atoms with Crippen LogP contribution in [0.5, 0.6) is 0 Å². The maximum absolute atomic E-state index is 11.6. The zero-order valence-electron chi connectivity index (χ0n) is 9.33. The van der Waals surface area contributed by atoms with E-state index in [9.17, 15) is 4.79 Å². The Labute approximate surface area is 91.5 Å². The van der Waals surface area contributed by atoms with E-state index in [1.807, 2.05) is 19.1 Å². The molecule has 15 heavy (non-hydrogen) atoms. The van der Waals surface area contributed by atoms with Crippen molar-refractivity contribution in [2.24, 2.45) is 5.92 Å². The number of carbonyl (C=O) groups excluding carboxylic acids is 1. The van der Waals surface area contributed by atoms with E-state index in [4.69, 9.17) is 0 Å². The molecular weight excluding hydrogens is 184 g/mol. The molecule has 0 saturated heterocycles. The SMILES string of the molecule is CCCC(=O)c1ccc(CC2CC2)cc1. The number of ketones is 1. The molecule has 1 aliphatic carbocycles. The van der Waals surface area contributed by atoms with Crippen LogP contribution in [0, 0.1) is 5.92 Å². The van der Waals surface area contributed by atoms with Crippen molar-refractivity contribution in [1.82, 2.24) is 0 Å². The van der Waals surface area contributed by atoms with Gasteiger partial charge in [0.05, 0.1) is 0 Å². The summed E-state index contributed by atoms with van der Waals surface area (Å²) in [5, 5.41) is 0. The third kappa shape index (κ3) is 2.92. The zero-order chi connectivity index (χ0) is 10.7. The van der Waals surface area contributed by atoms with Crippen molar-refractivity contribution in [2.75, 3.05) is 0 Å². The fourth-order valence-electron chi connectivity index (χ4n) is 1.85. The van der Waals surface area contributed by atoms with Gasteiger partial charge in [0.25, 0.3) is 0 Å². The highest BCUT2D eigenvalue weighted by Crippen LogP contribution is 2.32. The summed E-state index contributed by atoms with van der Waals surface area (Å²) in [5.41, 5.74) is 2.25. The van der Waals surface area contributed by atoms with E-state index in [-0.39, 0.29) is 5.78 Å². The highest BCUT2D eigenvalue weighted by molar-refractivity contribution is 5.95. The van der Waals surface area contributed by atoms with Crippen LogP contribution in [-0.4, -0.2) is 5.78 Å². The Morgan fingerprint density at radius 3 is 2.47 bits per heavy atom. The number of carbonyl (C=O) groups is 1. The molecule has 1 saturated carbocycles. The first kappa shape index (κ1) is 10.4. The van der Waals surface area contributed by atoms with Crippen LogP contribution in [-0.2, 0) is 6.42 Å². The van der Waals surface area contributed by atoms with Gasteiger partial charge in [-0.2, -0.15) is 0 Å². The van der Waals surface area contributed by atoms with Gasteiger partial charge in [-0.05, 0) is 37.2 Å². The molecule has 0 radical (unpaired) electrons. The summed E-state index contributed by atoms with van der Waals surface area (Å²) in [4.78, 5) is 11.6. The second-order valence-electron chi connectivity index (χ2n) is 4.52. The molecule has 0 aromatic heterocycles. The molecule has 0 spiro atoms. The topological polar surface area (TPSA) is 17.1 Å². The number of hydrogen-bond acceptors (Lipinski definition) is 1. The highest BCUT2D eigenvalue weighted by atomic mass is 16.1. The van der Waals surface area contributed by atoms with Crippen molar-refractivity contribution < 1.29 is 4.79 Å². The largest absolute Gasteiger partial charge is 0.294 e. The van der Waals surface area contributed by atoms with E-state index in [1.165, 1.54) is 24.8 Å². The lowest BCUT2D eigenvalue weighted by atomic mass is 10.0. The minimum atomic E-state index is 0.274. The maximum Gasteiger partial charge on any atom is 0.162 e. The average molecular weight is 202 g/mol. The summed E-state index contributed by atoms with van der Waals surface area (Å²) >= 11 is 0. The number of Topliss-reactive ketones (excluding diaryl/α,β-unsaturated/α-hetero) is 1. The maximum atomic E-state index is 11.6. The molecule has 1 fully saturated rings. The van der Waals surface area contributed by atoms with Crippen LogP contribution in [0.3, 0.4) is 0 Å². The van der Waals surface area contributed by atoms with Crippen LogP contribution in [0.25, 0.3) is 0 Å². The minimum Gasteiger partial charge on any atom is -0.294 e. The molecule has 1 heteroatoms. The quantitative estimate of drug-likeness (QED) is 0.666. The lowest BCUT2D eigenvalue weighted by Gasteiger charge is -2.02. The number of rotatable bonds is 5. The molecule has 0 atom stereocenters. The third-order valence-electron chi connectivity index (χ3n) is 2.97. The molecule has 1 aromatic carbocycles. The summed E-state index contributed by atoms with van der Waals surface area (Å²) in [6.07, 6.45) is 5.57. The Morgan fingerprint density at radius 2 is 1.93 bits per heavy atom. The fraction of sp³-hybridized carbons (Fsp3) is 0.500. The van der Waals surface area contributed by atoms with Crippen LogP contribution in [0.1, 0.15) is 48.5 Å². The van der Waals surface area contributed by atoms with E-state index in [0.717, 1.165) is 17.9 Å². The molecule has 0 aliphatic heterocycles. The van der Waals surface area contributed by atoms with Gasteiger partial charge in [0.2, 0.25) is 0 Å². The Hall–Kier alpha value is -1.11. The molecule has 1 aromatic rings. The number of hydrogen-bond donors (Lipinski definition) is 0. The van der Waals surface area contributed by atoms with E-state index in [0.29, 0.717) is 6.42 Å². The first-order chi connectivity index (χ1) is 7.29. The molecule has 0 bridgehead atoms. The lowest BCUT2D eigenvalue weighted by Crippen LogP contribution is -1.98. The van der Waals surface area contributed by atoms with Crippen LogP contribution < -0.4 is 0 Å². The molecule has 0 N–H and O–H groups in total. The van der Waals surface area contributed by atoms with Gasteiger partial charge in [0.15, 0.2) is 5.78 Å². The Morgan fingerprint density at radius 1 is 1.27 bits per heavy atom. The Kier molecular flexibility index (Phi) is 3.20. The van der Waals surface area contributed by atoms with Gasteiger partial charge >= 0.3 is 0 Å². The van der Waals surface area contributed by atoms with Gasteiger partial charge in [0.1, 0.15) is 0 Å². The predicted molar refractivity (Wildman–Crippen MR) is 62.1 cm³/mol. The standard InChI is InChI=1S/C14H18O/c1-2-3-14(15)13-8-6-12(7-9-13)10-11-4-5-11/h6-9,11H,2-5,10H2,1H3. The molecule has 0 amide bonds. The lowest BCUT2D eigenvalue weighted by molar-refractivity contribution is 0.0982. The van der Waals surface area contributed by atoms with Crippen LogP contribution in [0.4, 0.5) is 0 Å². The first-order valence-corrected chi connectivity index (χ1v) is 5.91. The second-order valence-corrected chi connectivity index (χ2v) is 4.52. The smallest absolute Gasteiger partial charge is 0.162 e. The van der Waals surface area contributed by atoms with Gasteiger partial charge in [-0.25, -0.2) is 0 Å². The normalized spacial score (nSPS) is 15.3. The van der Waals surface area contributed by atoms with Crippen molar-refractivity contribution in [3.05, 3.63) is 35.4 Å². The number of benzene rings is 1. The zero-order valence-corrected chi connectivity index (χ0v) is 9.33. The van der Waals surface area contributed by atoms with Gasteiger partial charge in [-0.1, -0.05) is 31.2 Å². The monoisotopic (exact) mass is 202 g/mol. The van der Waals surface area contributed by atoms with E-state index < -0.39 is 0 Å². The van der Waals surface area contributed by atoms with Gasteiger partial charge in [0, 0.05) is 12.0 Å². The van der Waals surface area contributed by atoms with Crippen molar-refractivity contribution >= 4 is 5.78 Å². The van der Waals surface area contributed by atoms with E-state index >= 15 is 0 Å². The molecule has 2 rings (SSSR count). The molecular formula is C14H18O. The molecule has 1 nitrogen and oxygen atoms in total. The summed E-state index contributed by atoms with van der Waals surface area (Å²) < 4.78 is 0.